The number of aromatic nitrogens is 3. The van der Waals surface area contributed by atoms with Crippen LogP contribution in [0.1, 0.15) is 26.1 Å². The summed E-state index contributed by atoms with van der Waals surface area (Å²) in [5, 5.41) is 11.6. The standard InChI is InChI=1S/C17H31N7OS/c1-4-16-21-20-14-24(16)8-7-19-17(18-6-5-13-26-3)23-11-9-22(10-12-23)15(2)25/h14H,4-13H2,1-3H3,(H,18,19). The summed E-state index contributed by atoms with van der Waals surface area (Å²) in [6, 6.07) is 0. The maximum Gasteiger partial charge on any atom is 0.219 e. The number of nitrogens with zero attached hydrogens (tertiary/aromatic N) is 6. The Morgan fingerprint density at radius 1 is 1.31 bits per heavy atom. The number of nitrogens with one attached hydrogen (secondary N) is 1. The molecule has 0 bridgehead atoms. The fraction of sp³-hybridized carbons (Fsp3) is 0.765. The van der Waals surface area contributed by atoms with E-state index < -0.39 is 0 Å². The lowest BCUT2D eigenvalue weighted by molar-refractivity contribution is -0.130. The van der Waals surface area contributed by atoms with Crippen LogP contribution in [-0.4, -0.2) is 87.7 Å². The van der Waals surface area contributed by atoms with Gasteiger partial charge in [-0.15, -0.1) is 10.2 Å². The number of hydrogen-bond donors (Lipinski definition) is 1. The van der Waals surface area contributed by atoms with Crippen LogP contribution in [0.2, 0.25) is 0 Å². The van der Waals surface area contributed by atoms with Gasteiger partial charge in [0, 0.05) is 59.2 Å². The van der Waals surface area contributed by atoms with Crippen molar-refractivity contribution in [2.45, 2.75) is 33.2 Å². The van der Waals surface area contributed by atoms with Crippen LogP contribution in [-0.2, 0) is 17.8 Å². The van der Waals surface area contributed by atoms with Crippen LogP contribution in [0.25, 0.3) is 0 Å². The van der Waals surface area contributed by atoms with Crippen LogP contribution in [0.5, 0.6) is 0 Å². The molecule has 1 saturated heterocycles. The second-order valence-corrected chi connectivity index (χ2v) is 7.25. The molecule has 0 unspecified atom stereocenters. The maximum absolute atomic E-state index is 11.5. The lowest BCUT2D eigenvalue weighted by Gasteiger charge is -2.36. The average Bonchev–Trinajstić information content (AvgIpc) is 3.11. The zero-order valence-corrected chi connectivity index (χ0v) is 17.0. The van der Waals surface area contributed by atoms with E-state index in [1.165, 1.54) is 0 Å². The smallest absolute Gasteiger partial charge is 0.219 e. The fourth-order valence-electron chi connectivity index (χ4n) is 2.92. The van der Waals surface area contributed by atoms with E-state index in [0.717, 1.165) is 76.2 Å². The molecule has 0 atom stereocenters. The molecule has 26 heavy (non-hydrogen) atoms. The molecule has 146 valence electrons. The minimum Gasteiger partial charge on any atom is -0.354 e. The molecule has 1 N–H and O–H groups in total. The number of hydrogen-bond acceptors (Lipinski definition) is 5. The molecule has 0 saturated carbocycles. The van der Waals surface area contributed by atoms with Gasteiger partial charge >= 0.3 is 0 Å². The molecule has 0 spiro atoms. The van der Waals surface area contributed by atoms with Crippen LogP contribution in [0, 0.1) is 0 Å². The molecule has 1 aliphatic rings. The summed E-state index contributed by atoms with van der Waals surface area (Å²) in [5.74, 6) is 3.21. The fourth-order valence-corrected chi connectivity index (χ4v) is 3.34. The van der Waals surface area contributed by atoms with E-state index in [1.807, 2.05) is 16.7 Å². The number of aryl methyl sites for hydroxylation is 1. The van der Waals surface area contributed by atoms with E-state index in [9.17, 15) is 4.79 Å². The third kappa shape index (κ3) is 6.19. The van der Waals surface area contributed by atoms with E-state index in [0.29, 0.717) is 0 Å². The van der Waals surface area contributed by atoms with Crippen molar-refractivity contribution >= 4 is 23.6 Å². The predicted molar refractivity (Wildman–Crippen MR) is 107 cm³/mol. The Balaban J connectivity index is 1.90. The largest absolute Gasteiger partial charge is 0.354 e. The highest BCUT2D eigenvalue weighted by Gasteiger charge is 2.21. The lowest BCUT2D eigenvalue weighted by atomic mass is 10.3. The Hall–Kier alpha value is -1.77. The van der Waals surface area contributed by atoms with Gasteiger partial charge in [0.15, 0.2) is 5.96 Å². The Labute approximate surface area is 160 Å². The predicted octanol–water partition coefficient (Wildman–Crippen LogP) is 0.703. The van der Waals surface area contributed by atoms with Gasteiger partial charge in [-0.1, -0.05) is 6.92 Å². The first-order valence-electron chi connectivity index (χ1n) is 9.30. The van der Waals surface area contributed by atoms with Crippen LogP contribution >= 0.6 is 11.8 Å². The van der Waals surface area contributed by atoms with Gasteiger partial charge in [-0.2, -0.15) is 11.8 Å². The minimum atomic E-state index is 0.149. The van der Waals surface area contributed by atoms with Gasteiger partial charge < -0.3 is 19.7 Å². The summed E-state index contributed by atoms with van der Waals surface area (Å²) in [6.07, 6.45) is 5.85. The van der Waals surface area contributed by atoms with Crippen molar-refractivity contribution in [3.8, 4) is 0 Å². The highest BCUT2D eigenvalue weighted by atomic mass is 32.2. The summed E-state index contributed by atoms with van der Waals surface area (Å²) in [5.41, 5.74) is 0. The van der Waals surface area contributed by atoms with E-state index in [-0.39, 0.29) is 5.91 Å². The number of guanidine groups is 1. The molecule has 1 aliphatic heterocycles. The molecule has 0 aromatic carbocycles. The average molecular weight is 382 g/mol. The Morgan fingerprint density at radius 2 is 2.04 bits per heavy atom. The summed E-state index contributed by atoms with van der Waals surface area (Å²) >= 11 is 1.85. The van der Waals surface area contributed by atoms with E-state index in [4.69, 9.17) is 4.99 Å². The van der Waals surface area contributed by atoms with Gasteiger partial charge in [-0.05, 0) is 18.4 Å². The molecule has 1 fully saturated rings. The van der Waals surface area contributed by atoms with Crippen molar-refractivity contribution in [3.63, 3.8) is 0 Å². The molecule has 1 aromatic heterocycles. The van der Waals surface area contributed by atoms with Crippen molar-refractivity contribution in [3.05, 3.63) is 12.2 Å². The molecular formula is C17H31N7OS. The molecule has 1 amide bonds. The van der Waals surface area contributed by atoms with Crippen LogP contribution in [0.3, 0.4) is 0 Å². The number of carbonyl (C=O) groups is 1. The van der Waals surface area contributed by atoms with Crippen molar-refractivity contribution < 1.29 is 4.79 Å². The summed E-state index contributed by atoms with van der Waals surface area (Å²) in [4.78, 5) is 20.5. The second-order valence-electron chi connectivity index (χ2n) is 6.27. The zero-order chi connectivity index (χ0) is 18.8. The first-order chi connectivity index (χ1) is 12.7. The number of thioether (sulfide) groups is 1. The van der Waals surface area contributed by atoms with Crippen molar-refractivity contribution in [2.24, 2.45) is 4.99 Å². The topological polar surface area (TPSA) is 78.7 Å². The maximum atomic E-state index is 11.5. The number of aliphatic imine (C=N–C) groups is 1. The molecule has 2 heterocycles. The van der Waals surface area contributed by atoms with E-state index in [2.05, 4.69) is 38.2 Å². The molecular weight excluding hydrogens is 350 g/mol. The minimum absolute atomic E-state index is 0.149. The molecule has 8 nitrogen and oxygen atoms in total. The van der Waals surface area contributed by atoms with E-state index >= 15 is 0 Å². The molecule has 0 aliphatic carbocycles. The number of carbonyl (C=O) groups excluding carboxylic acids is 1. The van der Waals surface area contributed by atoms with Crippen molar-refractivity contribution in [1.29, 1.82) is 0 Å². The Bertz CT molecular complexity index is 581. The summed E-state index contributed by atoms with van der Waals surface area (Å²) in [7, 11) is 0. The third-order valence-corrected chi connectivity index (χ3v) is 5.14. The molecule has 1 aromatic rings. The quantitative estimate of drug-likeness (QED) is 0.406. The number of piperazine rings is 1. The second kappa shape index (κ2) is 11.1. The SMILES string of the molecule is CCc1nncn1CCNC(=NCCCSC)N1CCN(C(C)=O)CC1. The first kappa shape index (κ1) is 20.5. The van der Waals surface area contributed by atoms with Gasteiger partial charge in [0.05, 0.1) is 0 Å². The van der Waals surface area contributed by atoms with Crippen molar-refractivity contribution in [2.75, 3.05) is 51.3 Å². The number of rotatable bonds is 8. The first-order valence-corrected chi connectivity index (χ1v) is 10.7. The van der Waals surface area contributed by atoms with Crippen molar-refractivity contribution in [1.82, 2.24) is 29.9 Å². The number of amides is 1. The van der Waals surface area contributed by atoms with Gasteiger partial charge in [0.2, 0.25) is 5.91 Å². The van der Waals surface area contributed by atoms with Crippen LogP contribution in [0.4, 0.5) is 0 Å². The Kier molecular flexibility index (Phi) is 8.73. The van der Waals surface area contributed by atoms with Crippen LogP contribution in [0.15, 0.2) is 11.3 Å². The van der Waals surface area contributed by atoms with Gasteiger partial charge in [-0.25, -0.2) is 0 Å². The zero-order valence-electron chi connectivity index (χ0n) is 16.1. The third-order valence-electron chi connectivity index (χ3n) is 4.44. The molecule has 0 radical (unpaired) electrons. The van der Waals surface area contributed by atoms with Crippen LogP contribution < -0.4 is 5.32 Å². The normalized spacial score (nSPS) is 15.4. The lowest BCUT2D eigenvalue weighted by Crippen LogP contribution is -2.53. The monoisotopic (exact) mass is 381 g/mol. The molecule has 9 heteroatoms. The summed E-state index contributed by atoms with van der Waals surface area (Å²) in [6.45, 7) is 9.28. The van der Waals surface area contributed by atoms with E-state index in [1.54, 1.807) is 13.3 Å². The summed E-state index contributed by atoms with van der Waals surface area (Å²) < 4.78 is 2.08. The Morgan fingerprint density at radius 3 is 2.69 bits per heavy atom. The van der Waals surface area contributed by atoms with Gasteiger partial charge in [0.1, 0.15) is 12.2 Å². The molecule has 2 rings (SSSR count). The van der Waals surface area contributed by atoms with Gasteiger partial charge in [0.25, 0.3) is 0 Å². The highest BCUT2D eigenvalue weighted by Crippen LogP contribution is 2.04. The van der Waals surface area contributed by atoms with Gasteiger partial charge in [-0.3, -0.25) is 9.79 Å². The highest BCUT2D eigenvalue weighted by molar-refractivity contribution is 7.98.